The monoisotopic (exact) mass is 299 g/mol. The summed E-state index contributed by atoms with van der Waals surface area (Å²) in [5, 5.41) is 8.85. The summed E-state index contributed by atoms with van der Waals surface area (Å²) in [4.78, 5) is 16.5. The summed E-state index contributed by atoms with van der Waals surface area (Å²) < 4.78 is 0. The molecule has 0 saturated carbocycles. The smallest absolute Gasteiger partial charge is 0.249 e. The Balaban J connectivity index is 2.87. The fourth-order valence-corrected chi connectivity index (χ4v) is 2.12. The standard InChI is InChI=1S/C18H25N3O/c1-5-6-15(2)18(22)21(12-11-20(3)4)14-17-9-7-16(13-19)8-10-17/h6-10H,5,11-12,14H2,1-4H3/b15-6-. The Kier molecular flexibility index (Phi) is 7.34. The number of hydrogen-bond donors (Lipinski definition) is 0. The first kappa shape index (κ1) is 17.9. The van der Waals surface area contributed by atoms with Gasteiger partial charge in [-0.25, -0.2) is 0 Å². The van der Waals surface area contributed by atoms with Crippen molar-refractivity contribution in [3.8, 4) is 6.07 Å². The largest absolute Gasteiger partial charge is 0.333 e. The van der Waals surface area contributed by atoms with E-state index >= 15 is 0 Å². The number of nitriles is 1. The lowest BCUT2D eigenvalue weighted by Crippen LogP contribution is -2.36. The number of nitrogens with zero attached hydrogens (tertiary/aromatic N) is 3. The molecule has 1 aromatic carbocycles. The molecule has 118 valence electrons. The third kappa shape index (κ3) is 5.71. The molecule has 0 saturated heterocycles. The maximum atomic E-state index is 12.6. The third-order valence-electron chi connectivity index (χ3n) is 3.41. The Morgan fingerprint density at radius 3 is 2.36 bits per heavy atom. The molecule has 0 aliphatic carbocycles. The zero-order valence-corrected chi connectivity index (χ0v) is 14.0. The average molecular weight is 299 g/mol. The SMILES string of the molecule is CC/C=C(/C)C(=O)N(CCN(C)C)Cc1ccc(C#N)cc1. The van der Waals surface area contributed by atoms with E-state index in [-0.39, 0.29) is 5.91 Å². The lowest BCUT2D eigenvalue weighted by molar-refractivity contribution is -0.127. The van der Waals surface area contributed by atoms with Gasteiger partial charge >= 0.3 is 0 Å². The van der Waals surface area contributed by atoms with Gasteiger partial charge in [-0.1, -0.05) is 25.1 Å². The van der Waals surface area contributed by atoms with Crippen LogP contribution in [0, 0.1) is 11.3 Å². The van der Waals surface area contributed by atoms with E-state index in [4.69, 9.17) is 5.26 Å². The fraction of sp³-hybridized carbons (Fsp3) is 0.444. The summed E-state index contributed by atoms with van der Waals surface area (Å²) in [6.07, 6.45) is 2.82. The van der Waals surface area contributed by atoms with E-state index in [0.717, 1.165) is 24.1 Å². The van der Waals surface area contributed by atoms with E-state index in [0.29, 0.717) is 18.7 Å². The van der Waals surface area contributed by atoms with Crippen LogP contribution in [0.15, 0.2) is 35.9 Å². The first-order valence-corrected chi connectivity index (χ1v) is 7.57. The van der Waals surface area contributed by atoms with Crippen LogP contribution in [0.2, 0.25) is 0 Å². The minimum atomic E-state index is 0.0769. The van der Waals surface area contributed by atoms with Crippen molar-refractivity contribution in [2.45, 2.75) is 26.8 Å². The van der Waals surface area contributed by atoms with Crippen LogP contribution in [0.3, 0.4) is 0 Å². The summed E-state index contributed by atoms with van der Waals surface area (Å²) in [6.45, 7) is 5.96. The van der Waals surface area contributed by atoms with Crippen LogP contribution in [0.5, 0.6) is 0 Å². The van der Waals surface area contributed by atoms with Crippen molar-refractivity contribution in [2.75, 3.05) is 27.2 Å². The Bertz CT molecular complexity index is 553. The second-order valence-electron chi connectivity index (χ2n) is 5.63. The second kappa shape index (κ2) is 9.01. The van der Waals surface area contributed by atoms with E-state index < -0.39 is 0 Å². The van der Waals surface area contributed by atoms with Crippen LogP contribution < -0.4 is 0 Å². The van der Waals surface area contributed by atoms with Crippen molar-refractivity contribution in [1.82, 2.24) is 9.80 Å². The molecule has 1 rings (SSSR count). The number of hydrogen-bond acceptors (Lipinski definition) is 3. The minimum Gasteiger partial charge on any atom is -0.333 e. The van der Waals surface area contributed by atoms with Crippen molar-refractivity contribution in [3.05, 3.63) is 47.0 Å². The number of carbonyl (C=O) groups excluding carboxylic acids is 1. The minimum absolute atomic E-state index is 0.0769. The van der Waals surface area contributed by atoms with Crippen molar-refractivity contribution < 1.29 is 4.79 Å². The summed E-state index contributed by atoms with van der Waals surface area (Å²) >= 11 is 0. The summed E-state index contributed by atoms with van der Waals surface area (Å²) in [5.41, 5.74) is 2.46. The summed E-state index contributed by atoms with van der Waals surface area (Å²) in [7, 11) is 4.00. The molecule has 0 aromatic heterocycles. The number of carbonyl (C=O) groups is 1. The van der Waals surface area contributed by atoms with Crippen LogP contribution in [0.4, 0.5) is 0 Å². The van der Waals surface area contributed by atoms with Gasteiger partial charge in [0.15, 0.2) is 0 Å². The van der Waals surface area contributed by atoms with E-state index in [1.165, 1.54) is 0 Å². The number of rotatable bonds is 7. The van der Waals surface area contributed by atoms with Crippen LogP contribution >= 0.6 is 0 Å². The van der Waals surface area contributed by atoms with Crippen LogP contribution in [0.1, 0.15) is 31.4 Å². The highest BCUT2D eigenvalue weighted by molar-refractivity contribution is 5.92. The molecule has 0 bridgehead atoms. The van der Waals surface area contributed by atoms with Gasteiger partial charge in [0.1, 0.15) is 0 Å². The van der Waals surface area contributed by atoms with Crippen LogP contribution in [-0.4, -0.2) is 42.9 Å². The highest BCUT2D eigenvalue weighted by atomic mass is 16.2. The molecular weight excluding hydrogens is 274 g/mol. The number of benzene rings is 1. The Morgan fingerprint density at radius 2 is 1.86 bits per heavy atom. The first-order valence-electron chi connectivity index (χ1n) is 7.57. The molecular formula is C18H25N3O. The molecule has 0 aliphatic heterocycles. The molecule has 0 spiro atoms. The van der Waals surface area contributed by atoms with Crippen molar-refractivity contribution in [1.29, 1.82) is 5.26 Å². The molecule has 0 radical (unpaired) electrons. The molecule has 4 heteroatoms. The van der Waals surface area contributed by atoms with E-state index in [9.17, 15) is 4.79 Å². The van der Waals surface area contributed by atoms with Gasteiger partial charge in [-0.15, -0.1) is 0 Å². The lowest BCUT2D eigenvalue weighted by Gasteiger charge is -2.25. The Morgan fingerprint density at radius 1 is 1.23 bits per heavy atom. The quantitative estimate of drug-likeness (QED) is 0.727. The maximum Gasteiger partial charge on any atom is 0.249 e. The Labute approximate surface area is 133 Å². The van der Waals surface area contributed by atoms with E-state index in [2.05, 4.69) is 11.0 Å². The zero-order valence-electron chi connectivity index (χ0n) is 14.0. The number of allylic oxidation sites excluding steroid dienone is 1. The number of amides is 1. The lowest BCUT2D eigenvalue weighted by atomic mass is 10.1. The van der Waals surface area contributed by atoms with E-state index in [1.54, 1.807) is 12.1 Å². The molecule has 0 heterocycles. The van der Waals surface area contributed by atoms with Gasteiger partial charge in [0.05, 0.1) is 11.6 Å². The van der Waals surface area contributed by atoms with Crippen LogP contribution in [-0.2, 0) is 11.3 Å². The van der Waals surface area contributed by atoms with Gasteiger partial charge in [0, 0.05) is 25.2 Å². The molecule has 22 heavy (non-hydrogen) atoms. The van der Waals surface area contributed by atoms with Crippen molar-refractivity contribution >= 4 is 5.91 Å². The highest BCUT2D eigenvalue weighted by Gasteiger charge is 2.15. The molecule has 4 nitrogen and oxygen atoms in total. The third-order valence-corrected chi connectivity index (χ3v) is 3.41. The van der Waals surface area contributed by atoms with Crippen molar-refractivity contribution in [3.63, 3.8) is 0 Å². The Hall–Kier alpha value is -2.12. The number of likely N-dealkylation sites (N-methyl/N-ethyl adjacent to an activating group) is 1. The van der Waals surface area contributed by atoms with Gasteiger partial charge in [0.25, 0.3) is 0 Å². The van der Waals surface area contributed by atoms with Crippen LogP contribution in [0.25, 0.3) is 0 Å². The highest BCUT2D eigenvalue weighted by Crippen LogP contribution is 2.11. The second-order valence-corrected chi connectivity index (χ2v) is 5.63. The molecule has 0 atom stereocenters. The van der Waals surface area contributed by atoms with Gasteiger partial charge in [0.2, 0.25) is 5.91 Å². The average Bonchev–Trinajstić information content (AvgIpc) is 2.51. The normalized spacial score (nSPS) is 11.4. The molecule has 0 unspecified atom stereocenters. The van der Waals surface area contributed by atoms with Gasteiger partial charge in [-0.05, 0) is 45.1 Å². The van der Waals surface area contributed by atoms with Crippen molar-refractivity contribution in [2.24, 2.45) is 0 Å². The fourth-order valence-electron chi connectivity index (χ4n) is 2.12. The predicted molar refractivity (Wildman–Crippen MR) is 89.2 cm³/mol. The molecule has 0 N–H and O–H groups in total. The molecule has 1 aromatic rings. The zero-order chi connectivity index (χ0) is 16.5. The van der Waals surface area contributed by atoms with Gasteiger partial charge < -0.3 is 9.80 Å². The maximum absolute atomic E-state index is 12.6. The topological polar surface area (TPSA) is 47.3 Å². The molecule has 1 amide bonds. The first-order chi connectivity index (χ1) is 10.5. The molecule has 0 aliphatic rings. The summed E-state index contributed by atoms with van der Waals surface area (Å²) in [6, 6.07) is 9.51. The van der Waals surface area contributed by atoms with Gasteiger partial charge in [-0.3, -0.25) is 4.79 Å². The van der Waals surface area contributed by atoms with Gasteiger partial charge in [-0.2, -0.15) is 5.26 Å². The predicted octanol–water partition coefficient (Wildman–Crippen LogP) is 2.80. The van der Waals surface area contributed by atoms with E-state index in [1.807, 2.05) is 51.1 Å². The summed E-state index contributed by atoms with van der Waals surface area (Å²) in [5.74, 6) is 0.0769. The molecule has 0 fully saturated rings.